The quantitative estimate of drug-likeness (QED) is 0.359. The van der Waals surface area contributed by atoms with E-state index in [-0.39, 0.29) is 29.8 Å². The van der Waals surface area contributed by atoms with Crippen LogP contribution in [-0.2, 0) is 23.1 Å². The van der Waals surface area contributed by atoms with Crippen molar-refractivity contribution in [3.63, 3.8) is 0 Å². The van der Waals surface area contributed by atoms with Crippen LogP contribution >= 0.6 is 24.0 Å². The lowest BCUT2D eigenvalue weighted by Gasteiger charge is -2.22. The fourth-order valence-electron chi connectivity index (χ4n) is 2.41. The summed E-state index contributed by atoms with van der Waals surface area (Å²) < 4.78 is 37.9. The lowest BCUT2D eigenvalue weighted by Crippen LogP contribution is -2.38. The molecule has 2 N–H and O–H groups in total. The maximum absolute atomic E-state index is 13.0. The number of nitrogens with one attached hydrogen (secondary N) is 2. The molecule has 2 aromatic rings. The molecule has 0 unspecified atom stereocenters. The Morgan fingerprint density at radius 1 is 1.07 bits per heavy atom. The molecule has 0 aliphatic rings. The summed E-state index contributed by atoms with van der Waals surface area (Å²) in [4.78, 5) is 6.19. The van der Waals surface area contributed by atoms with E-state index in [1.54, 1.807) is 31.3 Å². The van der Waals surface area contributed by atoms with Gasteiger partial charge in [0.25, 0.3) is 0 Å². The Hall–Kier alpha value is -1.88. The van der Waals surface area contributed by atoms with Gasteiger partial charge in [-0.1, -0.05) is 24.3 Å². The highest BCUT2D eigenvalue weighted by Crippen LogP contribution is 2.11. The van der Waals surface area contributed by atoms with Gasteiger partial charge in [-0.2, -0.15) is 0 Å². The van der Waals surface area contributed by atoms with E-state index in [1.807, 2.05) is 24.1 Å². The highest BCUT2D eigenvalue weighted by atomic mass is 127. The van der Waals surface area contributed by atoms with Crippen LogP contribution in [0.4, 0.5) is 10.1 Å². The van der Waals surface area contributed by atoms with Gasteiger partial charge >= 0.3 is 0 Å². The van der Waals surface area contributed by atoms with Crippen molar-refractivity contribution in [1.29, 1.82) is 0 Å². The maximum Gasteiger partial charge on any atom is 0.229 e. The van der Waals surface area contributed by atoms with E-state index in [2.05, 4.69) is 15.0 Å². The molecular weight excluding hydrogens is 482 g/mol. The molecule has 9 heteroatoms. The van der Waals surface area contributed by atoms with Crippen molar-refractivity contribution in [2.24, 2.45) is 4.99 Å². The van der Waals surface area contributed by atoms with Gasteiger partial charge in [0.2, 0.25) is 10.0 Å². The average Bonchev–Trinajstić information content (AvgIpc) is 2.57. The van der Waals surface area contributed by atoms with Crippen molar-refractivity contribution in [3.05, 3.63) is 65.5 Å². The van der Waals surface area contributed by atoms with Crippen molar-refractivity contribution >= 4 is 45.6 Å². The Morgan fingerprint density at radius 3 is 2.15 bits per heavy atom. The van der Waals surface area contributed by atoms with Crippen molar-refractivity contribution in [2.45, 2.75) is 13.1 Å². The summed E-state index contributed by atoms with van der Waals surface area (Å²) in [5.74, 6) is 0.445. The molecule has 2 rings (SSSR count). The Bertz CT molecular complexity index is 856. The predicted octanol–water partition coefficient (Wildman–Crippen LogP) is 3.02. The average molecular weight is 506 g/mol. The zero-order valence-corrected chi connectivity index (χ0v) is 18.6. The highest BCUT2D eigenvalue weighted by Gasteiger charge is 2.07. The fraction of sp³-hybridized carbons (Fsp3) is 0.278. The van der Waals surface area contributed by atoms with Gasteiger partial charge in [0, 0.05) is 32.9 Å². The normalized spacial score (nSPS) is 11.5. The molecule has 0 amide bonds. The number of nitrogens with zero attached hydrogens (tertiary/aromatic N) is 2. The summed E-state index contributed by atoms with van der Waals surface area (Å²) in [6.07, 6.45) is 1.11. The number of anilines is 1. The molecule has 0 bridgehead atoms. The maximum atomic E-state index is 13.0. The first-order chi connectivity index (χ1) is 12.3. The summed E-state index contributed by atoms with van der Waals surface area (Å²) in [6, 6.07) is 13.5. The number of aliphatic imine (C=N–C) groups is 1. The van der Waals surface area contributed by atoms with Crippen LogP contribution in [0.1, 0.15) is 11.1 Å². The molecule has 0 aromatic heterocycles. The van der Waals surface area contributed by atoms with Gasteiger partial charge in [0.05, 0.1) is 6.26 Å². The van der Waals surface area contributed by atoms with Crippen LogP contribution in [0.25, 0.3) is 0 Å². The Balaban J connectivity index is 0.00000364. The third-order valence-corrected chi connectivity index (χ3v) is 4.22. The van der Waals surface area contributed by atoms with Gasteiger partial charge in [-0.3, -0.25) is 9.71 Å². The van der Waals surface area contributed by atoms with Gasteiger partial charge in [-0.25, -0.2) is 12.8 Å². The Labute approximate surface area is 177 Å². The summed E-state index contributed by atoms with van der Waals surface area (Å²) in [6.45, 7) is 1.14. The molecule has 0 aliphatic carbocycles. The molecule has 0 radical (unpaired) electrons. The first-order valence-corrected chi connectivity index (χ1v) is 9.89. The first-order valence-electron chi connectivity index (χ1n) is 8.00. The molecule has 2 aromatic carbocycles. The van der Waals surface area contributed by atoms with E-state index in [9.17, 15) is 12.8 Å². The molecule has 0 saturated carbocycles. The van der Waals surface area contributed by atoms with Crippen molar-refractivity contribution in [3.8, 4) is 0 Å². The smallest absolute Gasteiger partial charge is 0.229 e. The second kappa shape index (κ2) is 10.5. The van der Waals surface area contributed by atoms with E-state index in [0.717, 1.165) is 17.4 Å². The SMILES string of the molecule is CN=C(NCc1ccc(NS(C)(=O)=O)cc1)N(C)Cc1ccc(F)cc1.I. The van der Waals surface area contributed by atoms with Crippen LogP contribution in [0.5, 0.6) is 0 Å². The van der Waals surface area contributed by atoms with Crippen LogP contribution in [0, 0.1) is 5.82 Å². The fourth-order valence-corrected chi connectivity index (χ4v) is 2.97. The number of benzene rings is 2. The predicted molar refractivity (Wildman–Crippen MR) is 118 cm³/mol. The first kappa shape index (κ1) is 23.2. The Kier molecular flexibility index (Phi) is 8.97. The van der Waals surface area contributed by atoms with Crippen LogP contribution in [-0.4, -0.2) is 39.6 Å². The molecule has 0 atom stereocenters. The molecule has 0 aliphatic heterocycles. The standard InChI is InChI=1S/C18H23FN4O2S.HI/c1-20-18(23(2)13-15-4-8-16(19)9-5-15)21-12-14-6-10-17(11-7-14)22-26(3,24)25;/h4-11,22H,12-13H2,1-3H3,(H,20,21);1H. The van der Waals surface area contributed by atoms with Crippen molar-refractivity contribution in [1.82, 2.24) is 10.2 Å². The number of hydrogen-bond donors (Lipinski definition) is 2. The summed E-state index contributed by atoms with van der Waals surface area (Å²) >= 11 is 0. The minimum absolute atomic E-state index is 0. The van der Waals surface area contributed by atoms with Crippen LogP contribution in [0.3, 0.4) is 0 Å². The lowest BCUT2D eigenvalue weighted by atomic mass is 10.2. The minimum atomic E-state index is -3.28. The molecule has 0 spiro atoms. The highest BCUT2D eigenvalue weighted by molar-refractivity contribution is 14.0. The minimum Gasteiger partial charge on any atom is -0.352 e. The van der Waals surface area contributed by atoms with E-state index in [4.69, 9.17) is 0 Å². The summed E-state index contributed by atoms with van der Waals surface area (Å²) in [5.41, 5.74) is 2.49. The summed E-state index contributed by atoms with van der Waals surface area (Å²) in [5, 5.41) is 3.25. The third kappa shape index (κ3) is 8.12. The molecule has 0 heterocycles. The van der Waals surface area contributed by atoms with Crippen LogP contribution < -0.4 is 10.0 Å². The van der Waals surface area contributed by atoms with E-state index < -0.39 is 10.0 Å². The second-order valence-corrected chi connectivity index (χ2v) is 7.70. The van der Waals surface area contributed by atoms with Gasteiger partial charge in [0.15, 0.2) is 5.96 Å². The molecule has 27 heavy (non-hydrogen) atoms. The second-order valence-electron chi connectivity index (χ2n) is 5.95. The van der Waals surface area contributed by atoms with Crippen molar-refractivity contribution in [2.75, 3.05) is 25.1 Å². The monoisotopic (exact) mass is 506 g/mol. The topological polar surface area (TPSA) is 73.8 Å². The van der Waals surface area contributed by atoms with Crippen LogP contribution in [0.15, 0.2) is 53.5 Å². The third-order valence-electron chi connectivity index (χ3n) is 3.61. The molecule has 0 fully saturated rings. The number of rotatable bonds is 6. The van der Waals surface area contributed by atoms with E-state index in [1.165, 1.54) is 12.1 Å². The van der Waals surface area contributed by atoms with Gasteiger partial charge < -0.3 is 10.2 Å². The Morgan fingerprint density at radius 2 is 1.63 bits per heavy atom. The molecular formula is C18H24FIN4O2S. The number of guanidine groups is 1. The van der Waals surface area contributed by atoms with E-state index in [0.29, 0.717) is 24.7 Å². The van der Waals surface area contributed by atoms with Gasteiger partial charge in [-0.15, -0.1) is 24.0 Å². The molecule has 0 saturated heterocycles. The molecule has 148 valence electrons. The van der Waals surface area contributed by atoms with Gasteiger partial charge in [0.1, 0.15) is 5.82 Å². The number of hydrogen-bond acceptors (Lipinski definition) is 3. The largest absolute Gasteiger partial charge is 0.352 e. The van der Waals surface area contributed by atoms with Crippen molar-refractivity contribution < 1.29 is 12.8 Å². The van der Waals surface area contributed by atoms with E-state index >= 15 is 0 Å². The lowest BCUT2D eigenvalue weighted by molar-refractivity contribution is 0.476. The number of halogens is 2. The summed E-state index contributed by atoms with van der Waals surface area (Å²) in [7, 11) is 0.319. The number of sulfonamides is 1. The zero-order valence-electron chi connectivity index (χ0n) is 15.4. The van der Waals surface area contributed by atoms with Crippen LogP contribution in [0.2, 0.25) is 0 Å². The zero-order chi connectivity index (χ0) is 19.2. The molecule has 6 nitrogen and oxygen atoms in total. The van der Waals surface area contributed by atoms with Gasteiger partial charge in [-0.05, 0) is 35.4 Å².